The number of hydrogen-bond acceptors (Lipinski definition) is 7. The van der Waals surface area contributed by atoms with Crippen LogP contribution in [0.15, 0.2) is 4.52 Å². The predicted octanol–water partition coefficient (Wildman–Crippen LogP) is -0.465. The molecule has 8 heteroatoms. The fourth-order valence-electron chi connectivity index (χ4n) is 1.84. The van der Waals surface area contributed by atoms with E-state index in [1.807, 2.05) is 0 Å². The van der Waals surface area contributed by atoms with Gasteiger partial charge in [0.05, 0.1) is 24.7 Å². The van der Waals surface area contributed by atoms with Gasteiger partial charge in [-0.1, -0.05) is 5.16 Å². The first-order valence-corrected chi connectivity index (χ1v) is 7.65. The second-order valence-electron chi connectivity index (χ2n) is 4.33. The molecule has 2 rings (SSSR count). The molecule has 0 bridgehead atoms. The summed E-state index contributed by atoms with van der Waals surface area (Å²) in [6, 6.07) is -0.00988. The Kier molecular flexibility index (Phi) is 4.31. The van der Waals surface area contributed by atoms with Gasteiger partial charge in [-0.15, -0.1) is 0 Å². The summed E-state index contributed by atoms with van der Waals surface area (Å²) in [5.74, 6) is 1.53. The maximum absolute atomic E-state index is 11.3. The number of nitrogens with one attached hydrogen (secondary N) is 1. The third kappa shape index (κ3) is 3.76. The zero-order valence-electron chi connectivity index (χ0n) is 10.3. The first-order chi connectivity index (χ1) is 8.59. The normalized spacial score (nSPS) is 22.4. The highest BCUT2D eigenvalue weighted by Gasteiger charge is 2.27. The van der Waals surface area contributed by atoms with Gasteiger partial charge in [-0.2, -0.15) is 4.98 Å². The van der Waals surface area contributed by atoms with Crippen molar-refractivity contribution in [3.63, 3.8) is 0 Å². The van der Waals surface area contributed by atoms with Crippen LogP contribution in [0.5, 0.6) is 0 Å². The van der Waals surface area contributed by atoms with E-state index in [2.05, 4.69) is 15.5 Å². The molecular weight excluding hydrogens is 258 g/mol. The molecule has 1 aromatic heterocycles. The maximum Gasteiger partial charge on any atom is 0.240 e. The topological polar surface area (TPSA) is 94.3 Å². The second kappa shape index (κ2) is 5.77. The van der Waals surface area contributed by atoms with Gasteiger partial charge in [0.25, 0.3) is 0 Å². The quantitative estimate of drug-likeness (QED) is 0.750. The average Bonchev–Trinajstić information content (AvgIpc) is 2.90. The minimum atomic E-state index is -2.85. The summed E-state index contributed by atoms with van der Waals surface area (Å²) >= 11 is 0. The smallest absolute Gasteiger partial charge is 0.240 e. The first-order valence-electron chi connectivity index (χ1n) is 5.83. The van der Waals surface area contributed by atoms with Gasteiger partial charge in [-0.05, 0) is 6.42 Å². The molecule has 1 aliphatic heterocycles. The predicted molar refractivity (Wildman–Crippen MR) is 63.8 cm³/mol. The summed E-state index contributed by atoms with van der Waals surface area (Å²) in [6.07, 6.45) is 1.25. The van der Waals surface area contributed by atoms with Crippen molar-refractivity contribution >= 4 is 9.84 Å². The first kappa shape index (κ1) is 13.4. The lowest BCUT2D eigenvalue weighted by Crippen LogP contribution is -2.29. The minimum absolute atomic E-state index is 0.00988. The molecule has 1 saturated heterocycles. The van der Waals surface area contributed by atoms with Crippen molar-refractivity contribution in [1.29, 1.82) is 0 Å². The van der Waals surface area contributed by atoms with Crippen molar-refractivity contribution in [3.05, 3.63) is 11.7 Å². The molecule has 1 aliphatic rings. The molecule has 0 saturated carbocycles. The van der Waals surface area contributed by atoms with Crippen LogP contribution in [0.25, 0.3) is 0 Å². The lowest BCUT2D eigenvalue weighted by molar-refractivity contribution is 0.199. The Morgan fingerprint density at radius 3 is 3.06 bits per heavy atom. The van der Waals surface area contributed by atoms with Crippen LogP contribution in [-0.4, -0.2) is 49.8 Å². The van der Waals surface area contributed by atoms with Gasteiger partial charge < -0.3 is 14.6 Å². The van der Waals surface area contributed by atoms with Crippen LogP contribution < -0.4 is 5.32 Å². The van der Waals surface area contributed by atoms with Gasteiger partial charge >= 0.3 is 0 Å². The van der Waals surface area contributed by atoms with E-state index in [1.54, 1.807) is 7.11 Å². The molecule has 2 heterocycles. The number of methoxy groups -OCH3 is 1. The van der Waals surface area contributed by atoms with Crippen LogP contribution in [0.4, 0.5) is 0 Å². The van der Waals surface area contributed by atoms with Crippen LogP contribution in [-0.2, 0) is 27.5 Å². The number of aromatic nitrogens is 2. The van der Waals surface area contributed by atoms with Crippen LogP contribution in [0.2, 0.25) is 0 Å². The summed E-state index contributed by atoms with van der Waals surface area (Å²) in [5, 5.41) is 6.92. The fourth-order valence-corrected chi connectivity index (χ4v) is 3.55. The fraction of sp³-hybridized carbons (Fsp3) is 0.800. The Labute approximate surface area is 106 Å². The zero-order valence-corrected chi connectivity index (χ0v) is 11.1. The number of ether oxygens (including phenoxy) is 1. The van der Waals surface area contributed by atoms with Gasteiger partial charge in [0.15, 0.2) is 15.7 Å². The monoisotopic (exact) mass is 275 g/mol. The minimum Gasteiger partial charge on any atom is -0.384 e. The van der Waals surface area contributed by atoms with Gasteiger partial charge in [0, 0.05) is 19.6 Å². The Hall–Kier alpha value is -0.990. The molecular formula is C10H17N3O4S. The van der Waals surface area contributed by atoms with Gasteiger partial charge in [0.1, 0.15) is 0 Å². The lowest BCUT2D eigenvalue weighted by atomic mass is 10.3. The van der Waals surface area contributed by atoms with Crippen molar-refractivity contribution in [3.8, 4) is 0 Å². The molecule has 7 nitrogen and oxygen atoms in total. The lowest BCUT2D eigenvalue weighted by Gasteiger charge is -2.07. The highest BCUT2D eigenvalue weighted by molar-refractivity contribution is 7.91. The van der Waals surface area contributed by atoms with Crippen molar-refractivity contribution in [1.82, 2.24) is 15.5 Å². The summed E-state index contributed by atoms with van der Waals surface area (Å²) < 4.78 is 32.5. The van der Waals surface area contributed by atoms with E-state index in [9.17, 15) is 8.42 Å². The number of rotatable bonds is 6. The summed E-state index contributed by atoms with van der Waals surface area (Å²) in [4.78, 5) is 4.18. The third-order valence-corrected chi connectivity index (χ3v) is 4.58. The van der Waals surface area contributed by atoms with E-state index in [0.717, 1.165) is 0 Å². The number of hydrogen-bond donors (Lipinski definition) is 1. The van der Waals surface area contributed by atoms with Gasteiger partial charge in [-0.25, -0.2) is 8.42 Å². The third-order valence-electron chi connectivity index (χ3n) is 2.81. The van der Waals surface area contributed by atoms with E-state index in [4.69, 9.17) is 9.26 Å². The van der Waals surface area contributed by atoms with E-state index in [-0.39, 0.29) is 17.5 Å². The van der Waals surface area contributed by atoms with Crippen LogP contribution in [0, 0.1) is 0 Å². The van der Waals surface area contributed by atoms with Crippen LogP contribution in [0.3, 0.4) is 0 Å². The molecule has 0 amide bonds. The van der Waals surface area contributed by atoms with Crippen molar-refractivity contribution < 1.29 is 17.7 Å². The van der Waals surface area contributed by atoms with Crippen molar-refractivity contribution in [2.75, 3.05) is 25.2 Å². The molecule has 0 radical (unpaired) electrons. The van der Waals surface area contributed by atoms with E-state index in [1.165, 1.54) is 0 Å². The van der Waals surface area contributed by atoms with Crippen molar-refractivity contribution in [2.24, 2.45) is 0 Å². The molecule has 1 aromatic rings. The molecule has 1 fully saturated rings. The average molecular weight is 275 g/mol. The van der Waals surface area contributed by atoms with Crippen LogP contribution >= 0.6 is 0 Å². The Morgan fingerprint density at radius 2 is 2.39 bits per heavy atom. The largest absolute Gasteiger partial charge is 0.384 e. The van der Waals surface area contributed by atoms with Gasteiger partial charge in [-0.3, -0.25) is 0 Å². The Morgan fingerprint density at radius 1 is 1.56 bits per heavy atom. The zero-order chi connectivity index (χ0) is 13.0. The molecule has 1 N–H and O–H groups in total. The molecule has 0 aromatic carbocycles. The molecule has 0 spiro atoms. The summed E-state index contributed by atoms with van der Waals surface area (Å²) in [5.41, 5.74) is 0. The molecule has 1 atom stereocenters. The second-order valence-corrected chi connectivity index (χ2v) is 6.56. The van der Waals surface area contributed by atoms with E-state index < -0.39 is 9.84 Å². The van der Waals surface area contributed by atoms with E-state index >= 15 is 0 Å². The van der Waals surface area contributed by atoms with Gasteiger partial charge in [0.2, 0.25) is 5.89 Å². The number of nitrogens with zero attached hydrogens (tertiary/aromatic N) is 2. The Bertz CT molecular complexity index is 485. The standard InChI is InChI=1S/C10H17N3O4S/c1-16-4-2-9-12-10(17-13-9)6-11-8-3-5-18(14,15)7-8/h8,11H,2-7H2,1H3. The molecule has 0 aliphatic carbocycles. The Balaban J connectivity index is 1.78. The number of sulfone groups is 1. The highest BCUT2D eigenvalue weighted by Crippen LogP contribution is 2.11. The molecule has 18 heavy (non-hydrogen) atoms. The highest BCUT2D eigenvalue weighted by atomic mass is 32.2. The summed E-state index contributed by atoms with van der Waals surface area (Å²) in [6.45, 7) is 0.952. The SMILES string of the molecule is COCCc1noc(CNC2CCS(=O)(=O)C2)n1. The van der Waals surface area contributed by atoms with Crippen LogP contribution in [0.1, 0.15) is 18.1 Å². The van der Waals surface area contributed by atoms with Crippen molar-refractivity contribution in [2.45, 2.75) is 25.4 Å². The summed E-state index contributed by atoms with van der Waals surface area (Å²) in [7, 11) is -1.24. The van der Waals surface area contributed by atoms with E-state index in [0.29, 0.717) is 37.7 Å². The molecule has 102 valence electrons. The molecule has 1 unspecified atom stereocenters. The maximum atomic E-state index is 11.3.